The zero-order valence-corrected chi connectivity index (χ0v) is 10.6. The number of nitrogens with zero attached hydrogens (tertiary/aromatic N) is 2. The maximum atomic E-state index is 11.7. The molecule has 2 aromatic rings. The molecule has 0 aliphatic carbocycles. The highest BCUT2D eigenvalue weighted by Crippen LogP contribution is 2.16. The summed E-state index contributed by atoms with van der Waals surface area (Å²) in [5.41, 5.74) is 2.21. The van der Waals surface area contributed by atoms with Gasteiger partial charge in [-0.25, -0.2) is 0 Å². The highest BCUT2D eigenvalue weighted by molar-refractivity contribution is 5.95. The average Bonchev–Trinajstić information content (AvgIpc) is 2.81. The molecule has 0 bridgehead atoms. The predicted molar refractivity (Wildman–Crippen MR) is 72.4 cm³/mol. The summed E-state index contributed by atoms with van der Waals surface area (Å²) >= 11 is 0. The number of aliphatic hydroxyl groups excluding tert-OH is 1. The van der Waals surface area contributed by atoms with Crippen LogP contribution in [0.4, 0.5) is 11.4 Å². The first-order valence-corrected chi connectivity index (χ1v) is 5.94. The Morgan fingerprint density at radius 3 is 2.95 bits per heavy atom. The van der Waals surface area contributed by atoms with E-state index >= 15 is 0 Å². The zero-order chi connectivity index (χ0) is 13.7. The number of hydrogen-bond acceptors (Lipinski definition) is 4. The van der Waals surface area contributed by atoms with Crippen molar-refractivity contribution in [3.63, 3.8) is 0 Å². The highest BCUT2D eigenvalue weighted by Gasteiger charge is 2.05. The molecule has 1 aromatic carbocycles. The van der Waals surface area contributed by atoms with Gasteiger partial charge in [-0.2, -0.15) is 5.10 Å². The summed E-state index contributed by atoms with van der Waals surface area (Å²) in [7, 11) is 1.84. The van der Waals surface area contributed by atoms with E-state index in [1.807, 2.05) is 19.3 Å². The van der Waals surface area contributed by atoms with Crippen molar-refractivity contribution >= 4 is 17.3 Å². The average molecular weight is 260 g/mol. The fraction of sp³-hybridized carbons (Fsp3) is 0.231. The number of aromatic nitrogens is 2. The lowest BCUT2D eigenvalue weighted by Crippen LogP contribution is -2.26. The minimum atomic E-state index is -0.205. The second-order valence-electron chi connectivity index (χ2n) is 4.09. The van der Waals surface area contributed by atoms with Gasteiger partial charge in [-0.05, 0) is 18.2 Å². The van der Waals surface area contributed by atoms with E-state index in [1.54, 1.807) is 29.1 Å². The lowest BCUT2D eigenvalue weighted by molar-refractivity contribution is 0.0945. The largest absolute Gasteiger partial charge is 0.395 e. The molecule has 6 heteroatoms. The SMILES string of the molecule is Cn1cc(Nc2cccc(C(=O)NCCO)c2)cn1. The molecule has 0 saturated carbocycles. The van der Waals surface area contributed by atoms with Crippen LogP contribution in [0.25, 0.3) is 0 Å². The van der Waals surface area contributed by atoms with E-state index in [4.69, 9.17) is 5.11 Å². The number of nitrogens with one attached hydrogen (secondary N) is 2. The van der Waals surface area contributed by atoms with Crippen LogP contribution < -0.4 is 10.6 Å². The summed E-state index contributed by atoms with van der Waals surface area (Å²) in [5, 5.41) is 18.5. The lowest BCUT2D eigenvalue weighted by atomic mass is 10.2. The van der Waals surface area contributed by atoms with E-state index in [9.17, 15) is 4.79 Å². The molecule has 0 aliphatic rings. The van der Waals surface area contributed by atoms with E-state index in [-0.39, 0.29) is 19.1 Å². The monoisotopic (exact) mass is 260 g/mol. The molecular weight excluding hydrogens is 244 g/mol. The van der Waals surface area contributed by atoms with Crippen LogP contribution in [0.15, 0.2) is 36.7 Å². The van der Waals surface area contributed by atoms with Crippen molar-refractivity contribution in [3.8, 4) is 0 Å². The summed E-state index contributed by atoms with van der Waals surface area (Å²) < 4.78 is 1.69. The maximum absolute atomic E-state index is 11.7. The first kappa shape index (κ1) is 13.1. The Morgan fingerprint density at radius 2 is 2.26 bits per heavy atom. The number of rotatable bonds is 5. The van der Waals surface area contributed by atoms with Gasteiger partial charge in [0.25, 0.3) is 5.91 Å². The van der Waals surface area contributed by atoms with Gasteiger partial charge in [0.1, 0.15) is 0 Å². The standard InChI is InChI=1S/C13H16N4O2/c1-17-9-12(8-15-17)16-11-4-2-3-10(7-11)13(19)14-5-6-18/h2-4,7-9,16,18H,5-6H2,1H3,(H,14,19). The van der Waals surface area contributed by atoms with Gasteiger partial charge in [0, 0.05) is 31.0 Å². The minimum Gasteiger partial charge on any atom is -0.395 e. The molecule has 1 heterocycles. The van der Waals surface area contributed by atoms with E-state index in [0.29, 0.717) is 5.56 Å². The molecule has 2 rings (SSSR count). The predicted octanol–water partition coefficient (Wildman–Crippen LogP) is 0.886. The third kappa shape index (κ3) is 3.56. The summed E-state index contributed by atoms with van der Waals surface area (Å²) in [4.78, 5) is 11.7. The molecule has 1 amide bonds. The van der Waals surface area contributed by atoms with Gasteiger partial charge in [0.05, 0.1) is 18.5 Å². The maximum Gasteiger partial charge on any atom is 0.251 e. The van der Waals surface area contributed by atoms with Crippen LogP contribution in [0.2, 0.25) is 0 Å². The first-order valence-electron chi connectivity index (χ1n) is 5.94. The number of carbonyl (C=O) groups excluding carboxylic acids is 1. The molecule has 0 fully saturated rings. The molecule has 0 saturated heterocycles. The molecule has 100 valence electrons. The molecule has 0 aliphatic heterocycles. The Balaban J connectivity index is 2.08. The molecule has 0 atom stereocenters. The Kier molecular flexibility index (Phi) is 4.15. The highest BCUT2D eigenvalue weighted by atomic mass is 16.3. The van der Waals surface area contributed by atoms with E-state index in [2.05, 4.69) is 15.7 Å². The van der Waals surface area contributed by atoms with Gasteiger partial charge in [-0.15, -0.1) is 0 Å². The summed E-state index contributed by atoms with van der Waals surface area (Å²) in [5.74, 6) is -0.205. The number of carbonyl (C=O) groups is 1. The summed E-state index contributed by atoms with van der Waals surface area (Å²) in [6.07, 6.45) is 3.55. The Morgan fingerprint density at radius 1 is 1.42 bits per heavy atom. The second kappa shape index (κ2) is 6.01. The van der Waals surface area contributed by atoms with Gasteiger partial charge >= 0.3 is 0 Å². The molecule has 19 heavy (non-hydrogen) atoms. The molecule has 3 N–H and O–H groups in total. The van der Waals surface area contributed by atoms with Crippen LogP contribution in [-0.4, -0.2) is 33.9 Å². The Bertz CT molecular complexity index is 565. The van der Waals surface area contributed by atoms with Crippen LogP contribution in [0, 0.1) is 0 Å². The fourth-order valence-corrected chi connectivity index (χ4v) is 1.66. The molecule has 1 aromatic heterocycles. The van der Waals surface area contributed by atoms with Crippen LogP contribution in [0.3, 0.4) is 0 Å². The molecular formula is C13H16N4O2. The van der Waals surface area contributed by atoms with Crippen molar-refractivity contribution in [1.82, 2.24) is 15.1 Å². The summed E-state index contributed by atoms with van der Waals surface area (Å²) in [6, 6.07) is 7.14. The molecule has 0 unspecified atom stereocenters. The molecule has 0 radical (unpaired) electrons. The minimum absolute atomic E-state index is 0.0701. The number of aliphatic hydroxyl groups is 1. The number of amides is 1. The van der Waals surface area contributed by atoms with E-state index in [0.717, 1.165) is 11.4 Å². The van der Waals surface area contributed by atoms with Gasteiger partial charge in [0.2, 0.25) is 0 Å². The summed E-state index contributed by atoms with van der Waals surface area (Å²) in [6.45, 7) is 0.179. The van der Waals surface area contributed by atoms with Crippen molar-refractivity contribution in [2.75, 3.05) is 18.5 Å². The fourth-order valence-electron chi connectivity index (χ4n) is 1.66. The van der Waals surface area contributed by atoms with E-state index < -0.39 is 0 Å². The topological polar surface area (TPSA) is 79.2 Å². The quantitative estimate of drug-likeness (QED) is 0.746. The normalized spacial score (nSPS) is 10.2. The Hall–Kier alpha value is -2.34. The van der Waals surface area contributed by atoms with Gasteiger partial charge in [-0.1, -0.05) is 6.07 Å². The van der Waals surface area contributed by atoms with Gasteiger partial charge < -0.3 is 15.7 Å². The molecule has 0 spiro atoms. The smallest absolute Gasteiger partial charge is 0.251 e. The van der Waals surface area contributed by atoms with Crippen LogP contribution >= 0.6 is 0 Å². The number of benzene rings is 1. The van der Waals surface area contributed by atoms with Gasteiger partial charge in [-0.3, -0.25) is 9.48 Å². The third-order valence-electron chi connectivity index (χ3n) is 2.52. The van der Waals surface area contributed by atoms with E-state index in [1.165, 1.54) is 0 Å². The first-order chi connectivity index (χ1) is 9.19. The third-order valence-corrected chi connectivity index (χ3v) is 2.52. The lowest BCUT2D eigenvalue weighted by Gasteiger charge is -2.07. The molecule has 6 nitrogen and oxygen atoms in total. The van der Waals surface area contributed by atoms with Crippen molar-refractivity contribution in [3.05, 3.63) is 42.2 Å². The second-order valence-corrected chi connectivity index (χ2v) is 4.09. The van der Waals surface area contributed by atoms with Gasteiger partial charge in [0.15, 0.2) is 0 Å². The number of anilines is 2. The van der Waals surface area contributed by atoms with Crippen molar-refractivity contribution in [1.29, 1.82) is 0 Å². The zero-order valence-electron chi connectivity index (χ0n) is 10.6. The van der Waals surface area contributed by atoms with Crippen LogP contribution in [0.1, 0.15) is 10.4 Å². The van der Waals surface area contributed by atoms with Crippen LogP contribution in [0.5, 0.6) is 0 Å². The van der Waals surface area contributed by atoms with Crippen molar-refractivity contribution in [2.24, 2.45) is 7.05 Å². The van der Waals surface area contributed by atoms with Crippen molar-refractivity contribution < 1.29 is 9.90 Å². The Labute approximate surface area is 111 Å². The van der Waals surface area contributed by atoms with Crippen molar-refractivity contribution in [2.45, 2.75) is 0 Å². The van der Waals surface area contributed by atoms with Crippen LogP contribution in [-0.2, 0) is 7.05 Å². The number of aryl methyl sites for hydroxylation is 1. The number of hydrogen-bond donors (Lipinski definition) is 3.